The topological polar surface area (TPSA) is 51.7 Å². The number of nitrogens with one attached hydrogen (secondary N) is 1. The van der Waals surface area contributed by atoms with Crippen LogP contribution in [-0.2, 0) is 11.3 Å². The van der Waals surface area contributed by atoms with Crippen LogP contribution in [0, 0.1) is 5.92 Å². The fraction of sp³-hybridized carbons (Fsp3) is 0.714. The van der Waals surface area contributed by atoms with Gasteiger partial charge in [-0.1, -0.05) is 6.07 Å². The van der Waals surface area contributed by atoms with E-state index in [1.165, 1.54) is 18.4 Å². The number of hydrogen-bond donors (Lipinski definition) is 1. The van der Waals surface area contributed by atoms with E-state index in [1.807, 2.05) is 37.5 Å². The largest absolute Gasteiger partial charge is 0.344 e. The summed E-state index contributed by atoms with van der Waals surface area (Å²) in [6.07, 6.45) is 8.40. The first kappa shape index (κ1) is 20.2. The highest BCUT2D eigenvalue weighted by atomic mass is 16.2. The summed E-state index contributed by atoms with van der Waals surface area (Å²) >= 11 is 0. The number of piperidine rings is 2. The van der Waals surface area contributed by atoms with Crippen LogP contribution < -0.4 is 5.32 Å². The molecule has 0 bridgehead atoms. The van der Waals surface area contributed by atoms with Crippen molar-refractivity contribution >= 4 is 5.91 Å². The Kier molecular flexibility index (Phi) is 7.61. The molecule has 2 aliphatic rings. The van der Waals surface area contributed by atoms with Gasteiger partial charge in [0.1, 0.15) is 0 Å². The Labute approximate surface area is 163 Å². The van der Waals surface area contributed by atoms with Crippen LogP contribution in [0.25, 0.3) is 0 Å². The number of aromatic nitrogens is 1. The molecule has 0 saturated carbocycles. The molecule has 150 valence electrons. The molecule has 0 unspecified atom stereocenters. The SMILES string of the molecule is CNCCN(C)C(=O)[C@H]1CCCN(C2CCN(Cc3cccnc3)CC2)C1. The van der Waals surface area contributed by atoms with E-state index in [2.05, 4.69) is 26.2 Å². The lowest BCUT2D eigenvalue weighted by molar-refractivity contribution is -0.136. The molecule has 2 aliphatic heterocycles. The molecule has 1 aromatic rings. The third kappa shape index (κ3) is 5.74. The molecule has 2 saturated heterocycles. The van der Waals surface area contributed by atoms with E-state index in [1.54, 1.807) is 0 Å². The van der Waals surface area contributed by atoms with Crippen molar-refractivity contribution in [1.82, 2.24) is 25.0 Å². The van der Waals surface area contributed by atoms with Gasteiger partial charge >= 0.3 is 0 Å². The fourth-order valence-corrected chi connectivity index (χ4v) is 4.43. The lowest BCUT2D eigenvalue weighted by Crippen LogP contribution is -2.51. The lowest BCUT2D eigenvalue weighted by atomic mass is 9.93. The molecule has 3 rings (SSSR count). The standard InChI is InChI=1S/C21H35N5O/c1-22-10-14-24(2)21(27)19-6-4-11-26(17-19)20-7-12-25(13-8-20)16-18-5-3-9-23-15-18/h3,5,9,15,19-20,22H,4,6-8,10-14,16-17H2,1-2H3/t19-/m0/s1. The summed E-state index contributed by atoms with van der Waals surface area (Å²) in [4.78, 5) is 24.0. The maximum atomic E-state index is 12.7. The Balaban J connectivity index is 1.46. The number of pyridine rings is 1. The van der Waals surface area contributed by atoms with Crippen molar-refractivity contribution in [3.63, 3.8) is 0 Å². The van der Waals surface area contributed by atoms with Gasteiger partial charge in [-0.05, 0) is 64.0 Å². The number of rotatable bonds is 7. The summed E-state index contributed by atoms with van der Waals surface area (Å²) < 4.78 is 0. The van der Waals surface area contributed by atoms with Crippen LogP contribution in [0.1, 0.15) is 31.2 Å². The Morgan fingerprint density at radius 2 is 2.11 bits per heavy atom. The predicted octanol–water partition coefficient (Wildman–Crippen LogP) is 1.44. The van der Waals surface area contributed by atoms with Crippen molar-refractivity contribution in [2.24, 2.45) is 5.92 Å². The van der Waals surface area contributed by atoms with E-state index >= 15 is 0 Å². The van der Waals surface area contributed by atoms with E-state index in [0.717, 1.165) is 58.7 Å². The normalized spacial score (nSPS) is 22.7. The van der Waals surface area contributed by atoms with Gasteiger partial charge in [-0.15, -0.1) is 0 Å². The molecular formula is C21H35N5O. The number of amides is 1. The highest BCUT2D eigenvalue weighted by molar-refractivity contribution is 5.78. The molecule has 6 nitrogen and oxygen atoms in total. The van der Waals surface area contributed by atoms with Gasteiger partial charge in [0.2, 0.25) is 5.91 Å². The molecular weight excluding hydrogens is 338 g/mol. The minimum atomic E-state index is 0.175. The fourth-order valence-electron chi connectivity index (χ4n) is 4.43. The average Bonchev–Trinajstić information content (AvgIpc) is 2.73. The van der Waals surface area contributed by atoms with Crippen LogP contribution >= 0.6 is 0 Å². The van der Waals surface area contributed by atoms with E-state index in [4.69, 9.17) is 0 Å². The first-order valence-electron chi connectivity index (χ1n) is 10.4. The number of carbonyl (C=O) groups is 1. The van der Waals surface area contributed by atoms with Crippen LogP contribution in [-0.4, -0.2) is 85.0 Å². The maximum absolute atomic E-state index is 12.7. The van der Waals surface area contributed by atoms with Crippen molar-refractivity contribution in [1.29, 1.82) is 0 Å². The van der Waals surface area contributed by atoms with Crippen molar-refractivity contribution in [2.75, 3.05) is 53.4 Å². The zero-order valence-corrected chi connectivity index (χ0v) is 16.9. The van der Waals surface area contributed by atoms with Crippen molar-refractivity contribution < 1.29 is 4.79 Å². The molecule has 0 radical (unpaired) electrons. The minimum Gasteiger partial charge on any atom is -0.344 e. The highest BCUT2D eigenvalue weighted by Crippen LogP contribution is 2.25. The highest BCUT2D eigenvalue weighted by Gasteiger charge is 2.32. The number of nitrogens with zero attached hydrogens (tertiary/aromatic N) is 4. The third-order valence-electron chi connectivity index (χ3n) is 6.08. The summed E-state index contributed by atoms with van der Waals surface area (Å²) in [6.45, 7) is 7.01. The second-order valence-electron chi connectivity index (χ2n) is 8.07. The number of likely N-dealkylation sites (N-methyl/N-ethyl adjacent to an activating group) is 2. The van der Waals surface area contributed by atoms with Crippen LogP contribution in [0.15, 0.2) is 24.5 Å². The molecule has 1 atom stereocenters. The first-order chi connectivity index (χ1) is 13.2. The van der Waals surface area contributed by atoms with Gasteiger partial charge in [0.05, 0.1) is 5.92 Å². The molecule has 0 aliphatic carbocycles. The van der Waals surface area contributed by atoms with Crippen LogP contribution in [0.4, 0.5) is 0 Å². The van der Waals surface area contributed by atoms with Gasteiger partial charge in [-0.3, -0.25) is 19.6 Å². The Morgan fingerprint density at radius 3 is 2.81 bits per heavy atom. The maximum Gasteiger partial charge on any atom is 0.226 e. The van der Waals surface area contributed by atoms with Crippen molar-refractivity contribution in [3.8, 4) is 0 Å². The van der Waals surface area contributed by atoms with Gasteiger partial charge in [-0.2, -0.15) is 0 Å². The molecule has 6 heteroatoms. The third-order valence-corrected chi connectivity index (χ3v) is 6.08. The minimum absolute atomic E-state index is 0.175. The second-order valence-corrected chi connectivity index (χ2v) is 8.07. The zero-order valence-electron chi connectivity index (χ0n) is 16.9. The zero-order chi connectivity index (χ0) is 19.1. The van der Waals surface area contributed by atoms with E-state index in [9.17, 15) is 4.79 Å². The summed E-state index contributed by atoms with van der Waals surface area (Å²) in [5, 5.41) is 3.13. The summed E-state index contributed by atoms with van der Waals surface area (Å²) in [5.74, 6) is 0.498. The Hall–Kier alpha value is -1.50. The molecule has 2 fully saturated rings. The Morgan fingerprint density at radius 1 is 1.30 bits per heavy atom. The van der Waals surface area contributed by atoms with E-state index in [0.29, 0.717) is 11.9 Å². The lowest BCUT2D eigenvalue weighted by Gasteiger charge is -2.42. The van der Waals surface area contributed by atoms with Gasteiger partial charge in [0.25, 0.3) is 0 Å². The van der Waals surface area contributed by atoms with Crippen LogP contribution in [0.5, 0.6) is 0 Å². The van der Waals surface area contributed by atoms with Gasteiger partial charge in [0, 0.05) is 51.7 Å². The molecule has 3 heterocycles. The number of likely N-dealkylation sites (tertiary alicyclic amines) is 2. The number of hydrogen-bond acceptors (Lipinski definition) is 5. The first-order valence-corrected chi connectivity index (χ1v) is 10.4. The van der Waals surface area contributed by atoms with Crippen molar-refractivity contribution in [3.05, 3.63) is 30.1 Å². The molecule has 1 aromatic heterocycles. The monoisotopic (exact) mass is 373 g/mol. The molecule has 0 spiro atoms. The molecule has 1 amide bonds. The average molecular weight is 374 g/mol. The van der Waals surface area contributed by atoms with E-state index < -0.39 is 0 Å². The smallest absolute Gasteiger partial charge is 0.226 e. The summed E-state index contributed by atoms with van der Waals surface area (Å²) in [5.41, 5.74) is 1.30. The van der Waals surface area contributed by atoms with Crippen molar-refractivity contribution in [2.45, 2.75) is 38.3 Å². The molecule has 27 heavy (non-hydrogen) atoms. The second kappa shape index (κ2) is 10.2. The summed E-state index contributed by atoms with van der Waals surface area (Å²) in [7, 11) is 3.87. The van der Waals surface area contributed by atoms with Crippen LogP contribution in [0.2, 0.25) is 0 Å². The predicted molar refractivity (Wildman–Crippen MR) is 108 cm³/mol. The molecule has 0 aromatic carbocycles. The van der Waals surface area contributed by atoms with E-state index in [-0.39, 0.29) is 5.92 Å². The molecule has 1 N–H and O–H groups in total. The van der Waals surface area contributed by atoms with Gasteiger partial charge in [0.15, 0.2) is 0 Å². The summed E-state index contributed by atoms with van der Waals surface area (Å²) in [6, 6.07) is 4.80. The van der Waals surface area contributed by atoms with Gasteiger partial charge < -0.3 is 10.2 Å². The van der Waals surface area contributed by atoms with Gasteiger partial charge in [-0.25, -0.2) is 0 Å². The Bertz CT molecular complexity index is 573. The van der Waals surface area contributed by atoms with Crippen LogP contribution in [0.3, 0.4) is 0 Å². The quantitative estimate of drug-likeness (QED) is 0.784. The number of carbonyl (C=O) groups excluding carboxylic acids is 1.